The predicted molar refractivity (Wildman–Crippen MR) is 104 cm³/mol. The number of hydrogen-bond acceptors (Lipinski definition) is 8. The Morgan fingerprint density at radius 1 is 0.931 bits per heavy atom. The molecule has 1 aromatic carbocycles. The second kappa shape index (κ2) is 7.30. The summed E-state index contributed by atoms with van der Waals surface area (Å²) in [6.07, 6.45) is 3.36. The van der Waals surface area contributed by atoms with Gasteiger partial charge in [-0.2, -0.15) is 0 Å². The van der Waals surface area contributed by atoms with Crippen molar-refractivity contribution in [1.82, 2.24) is 19.8 Å². The third-order valence-corrected chi connectivity index (χ3v) is 5.06. The number of rotatable bonds is 4. The van der Waals surface area contributed by atoms with E-state index in [1.54, 1.807) is 18.5 Å². The molecule has 1 saturated heterocycles. The van der Waals surface area contributed by atoms with E-state index >= 15 is 0 Å². The smallest absolute Gasteiger partial charge is 0.277 e. The Hall–Kier alpha value is -3.82. The number of hydrogen-bond donors (Lipinski definition) is 0. The van der Waals surface area contributed by atoms with Crippen molar-refractivity contribution >= 4 is 29.0 Å². The molecule has 0 radical (unpaired) electrons. The molecule has 0 N–H and O–H groups in total. The zero-order chi connectivity index (χ0) is 20.5. The van der Waals surface area contributed by atoms with Crippen LogP contribution in [0.1, 0.15) is 5.56 Å². The van der Waals surface area contributed by atoms with Gasteiger partial charge in [0.15, 0.2) is 0 Å². The van der Waals surface area contributed by atoms with Crippen molar-refractivity contribution in [1.29, 1.82) is 0 Å². The fourth-order valence-electron chi connectivity index (χ4n) is 3.51. The van der Waals surface area contributed by atoms with Crippen LogP contribution in [0, 0.1) is 10.1 Å². The molecule has 10 nitrogen and oxygen atoms in total. The molecule has 1 fully saturated rings. The SMILES string of the molecule is CN1C(=O)C(c2ccc([N+](=O)[O-])cc2)=C(N2CCN(c3ncccn3)CC2)C1=O. The lowest BCUT2D eigenvalue weighted by Crippen LogP contribution is -2.48. The van der Waals surface area contributed by atoms with Crippen LogP contribution in [0.2, 0.25) is 0 Å². The summed E-state index contributed by atoms with van der Waals surface area (Å²) < 4.78 is 0. The molecule has 2 aliphatic rings. The molecular formula is C19H18N6O4. The minimum absolute atomic E-state index is 0.0718. The maximum absolute atomic E-state index is 12.8. The largest absolute Gasteiger partial charge is 0.363 e. The quantitative estimate of drug-likeness (QED) is 0.427. The van der Waals surface area contributed by atoms with E-state index in [9.17, 15) is 19.7 Å². The molecule has 29 heavy (non-hydrogen) atoms. The van der Waals surface area contributed by atoms with Crippen LogP contribution in [-0.2, 0) is 9.59 Å². The molecule has 2 aromatic rings. The zero-order valence-corrected chi connectivity index (χ0v) is 15.7. The number of anilines is 1. The van der Waals surface area contributed by atoms with Gasteiger partial charge in [-0.1, -0.05) is 0 Å². The minimum Gasteiger partial charge on any atom is -0.363 e. The van der Waals surface area contributed by atoms with Crippen molar-refractivity contribution in [3.05, 3.63) is 64.1 Å². The van der Waals surface area contributed by atoms with Gasteiger partial charge in [-0.25, -0.2) is 9.97 Å². The van der Waals surface area contributed by atoms with Crippen molar-refractivity contribution in [2.24, 2.45) is 0 Å². The van der Waals surface area contributed by atoms with E-state index < -0.39 is 10.8 Å². The Bertz CT molecular complexity index is 997. The van der Waals surface area contributed by atoms with Crippen molar-refractivity contribution in [3.63, 3.8) is 0 Å². The standard InChI is InChI=1S/C19H18N6O4/c1-22-17(26)15(13-3-5-14(6-4-13)25(28)29)16(18(22)27)23-9-11-24(12-10-23)19-20-7-2-8-21-19/h2-8H,9-12H2,1H3. The highest BCUT2D eigenvalue weighted by Crippen LogP contribution is 2.32. The van der Waals surface area contributed by atoms with Crippen LogP contribution in [-0.4, -0.2) is 69.7 Å². The number of piperazine rings is 1. The Labute approximate surface area is 166 Å². The van der Waals surface area contributed by atoms with Gasteiger partial charge >= 0.3 is 0 Å². The number of imide groups is 1. The van der Waals surface area contributed by atoms with E-state index in [1.165, 1.54) is 31.3 Å². The zero-order valence-electron chi connectivity index (χ0n) is 15.7. The molecule has 0 saturated carbocycles. The molecule has 0 aliphatic carbocycles. The molecule has 0 spiro atoms. The van der Waals surface area contributed by atoms with Gasteiger partial charge in [0.05, 0.1) is 10.5 Å². The summed E-state index contributed by atoms with van der Waals surface area (Å²) in [6.45, 7) is 2.26. The monoisotopic (exact) mass is 394 g/mol. The van der Waals surface area contributed by atoms with Crippen LogP contribution < -0.4 is 4.90 Å². The topological polar surface area (TPSA) is 113 Å². The number of amides is 2. The molecular weight excluding hydrogens is 376 g/mol. The Morgan fingerprint density at radius 2 is 1.52 bits per heavy atom. The van der Waals surface area contributed by atoms with Crippen molar-refractivity contribution in [3.8, 4) is 0 Å². The highest BCUT2D eigenvalue weighted by molar-refractivity contribution is 6.35. The molecule has 0 bridgehead atoms. The second-order valence-electron chi connectivity index (χ2n) is 6.72. The molecule has 2 amide bonds. The van der Waals surface area contributed by atoms with E-state index in [0.29, 0.717) is 43.4 Å². The summed E-state index contributed by atoms with van der Waals surface area (Å²) in [6, 6.07) is 7.43. The fourth-order valence-corrected chi connectivity index (χ4v) is 3.51. The predicted octanol–water partition coefficient (Wildman–Crippen LogP) is 0.917. The molecule has 4 rings (SSSR count). The first kappa shape index (κ1) is 18.5. The van der Waals surface area contributed by atoms with Gasteiger partial charge in [0, 0.05) is 57.8 Å². The normalized spacial score (nSPS) is 17.3. The van der Waals surface area contributed by atoms with E-state index in [0.717, 1.165) is 4.90 Å². The molecule has 1 aromatic heterocycles. The van der Waals surface area contributed by atoms with Crippen LogP contribution in [0.4, 0.5) is 11.6 Å². The molecule has 3 heterocycles. The number of nitrogens with zero attached hydrogens (tertiary/aromatic N) is 6. The van der Waals surface area contributed by atoms with Gasteiger partial charge in [0.1, 0.15) is 5.70 Å². The lowest BCUT2D eigenvalue weighted by atomic mass is 10.0. The highest BCUT2D eigenvalue weighted by Gasteiger charge is 2.40. The molecule has 0 unspecified atom stereocenters. The number of nitro groups is 1. The fraction of sp³-hybridized carbons (Fsp3) is 0.263. The van der Waals surface area contributed by atoms with E-state index in [1.807, 2.05) is 9.80 Å². The van der Waals surface area contributed by atoms with Crippen LogP contribution >= 0.6 is 0 Å². The molecule has 148 valence electrons. The summed E-state index contributed by atoms with van der Waals surface area (Å²) in [5.41, 5.74) is 1.02. The van der Waals surface area contributed by atoms with E-state index in [2.05, 4.69) is 9.97 Å². The summed E-state index contributed by atoms with van der Waals surface area (Å²) in [7, 11) is 1.44. The number of carbonyl (C=O) groups is 2. The molecule has 2 aliphatic heterocycles. The number of nitro benzene ring substituents is 1. The van der Waals surface area contributed by atoms with Crippen LogP contribution in [0.15, 0.2) is 48.4 Å². The second-order valence-corrected chi connectivity index (χ2v) is 6.72. The first-order chi connectivity index (χ1) is 14.0. The Balaban J connectivity index is 1.63. The van der Waals surface area contributed by atoms with Gasteiger partial charge in [-0.3, -0.25) is 24.6 Å². The van der Waals surface area contributed by atoms with Crippen LogP contribution in [0.3, 0.4) is 0 Å². The van der Waals surface area contributed by atoms with E-state index in [4.69, 9.17) is 0 Å². The lowest BCUT2D eigenvalue weighted by Gasteiger charge is -2.36. The number of aromatic nitrogens is 2. The van der Waals surface area contributed by atoms with Gasteiger partial charge in [0.25, 0.3) is 17.5 Å². The minimum atomic E-state index is -0.502. The van der Waals surface area contributed by atoms with Gasteiger partial charge in [0.2, 0.25) is 5.95 Å². The summed E-state index contributed by atoms with van der Waals surface area (Å²) in [4.78, 5) is 49.4. The van der Waals surface area contributed by atoms with E-state index in [-0.39, 0.29) is 17.2 Å². The molecule has 0 atom stereocenters. The van der Waals surface area contributed by atoms with Crippen molar-refractivity contribution < 1.29 is 14.5 Å². The average Bonchev–Trinajstić information content (AvgIpc) is 2.98. The van der Waals surface area contributed by atoms with Gasteiger partial charge in [-0.05, 0) is 23.8 Å². The highest BCUT2D eigenvalue weighted by atomic mass is 16.6. The maximum atomic E-state index is 12.8. The Kier molecular flexibility index (Phi) is 4.67. The van der Waals surface area contributed by atoms with Crippen LogP contribution in [0.25, 0.3) is 5.57 Å². The van der Waals surface area contributed by atoms with Gasteiger partial charge in [-0.15, -0.1) is 0 Å². The number of benzene rings is 1. The summed E-state index contributed by atoms with van der Waals surface area (Å²) >= 11 is 0. The number of likely N-dealkylation sites (N-methyl/N-ethyl adjacent to an activating group) is 1. The third kappa shape index (κ3) is 3.28. The van der Waals surface area contributed by atoms with Crippen LogP contribution in [0.5, 0.6) is 0 Å². The summed E-state index contributed by atoms with van der Waals surface area (Å²) in [5, 5.41) is 10.9. The third-order valence-electron chi connectivity index (χ3n) is 5.06. The van der Waals surface area contributed by atoms with Crippen molar-refractivity contribution in [2.45, 2.75) is 0 Å². The number of non-ortho nitro benzene ring substituents is 1. The number of carbonyl (C=O) groups excluding carboxylic acids is 2. The van der Waals surface area contributed by atoms with Gasteiger partial charge < -0.3 is 9.80 Å². The first-order valence-electron chi connectivity index (χ1n) is 9.06. The maximum Gasteiger partial charge on any atom is 0.277 e. The summed E-state index contributed by atoms with van der Waals surface area (Å²) in [5.74, 6) is -0.150. The molecule has 10 heteroatoms. The van der Waals surface area contributed by atoms with Crippen molar-refractivity contribution in [2.75, 3.05) is 38.1 Å². The Morgan fingerprint density at radius 3 is 2.10 bits per heavy atom. The first-order valence-corrected chi connectivity index (χ1v) is 9.06. The lowest BCUT2D eigenvalue weighted by molar-refractivity contribution is -0.384. The average molecular weight is 394 g/mol.